The number of benzene rings is 2. The van der Waals surface area contributed by atoms with Gasteiger partial charge in [0.1, 0.15) is 10.6 Å². The number of hydrogen-bond acceptors (Lipinski definition) is 7. The summed E-state index contributed by atoms with van der Waals surface area (Å²) in [6.07, 6.45) is 0. The normalized spacial score (nSPS) is 11.0. The molecule has 0 aliphatic carbocycles. The van der Waals surface area contributed by atoms with Crippen molar-refractivity contribution in [1.82, 2.24) is 4.90 Å². The Bertz CT molecular complexity index is 926. The highest BCUT2D eigenvalue weighted by atomic mass is 32.2. The number of amides is 1. The first kappa shape index (κ1) is 22.5. The quantitative estimate of drug-likeness (QED) is 0.542. The lowest BCUT2D eigenvalue weighted by Gasteiger charge is -2.21. The van der Waals surface area contributed by atoms with Crippen molar-refractivity contribution in [3.05, 3.63) is 48.0 Å². The summed E-state index contributed by atoms with van der Waals surface area (Å²) >= 11 is 0. The van der Waals surface area contributed by atoms with Crippen LogP contribution in [0.15, 0.2) is 47.4 Å². The maximum Gasteiger partial charge on any atom is 0.339 e. The highest BCUT2D eigenvalue weighted by Gasteiger charge is 2.20. The van der Waals surface area contributed by atoms with E-state index in [-0.39, 0.29) is 28.8 Å². The van der Waals surface area contributed by atoms with E-state index in [1.807, 2.05) is 0 Å². The average molecular weight is 423 g/mol. The number of hydrogen-bond donors (Lipinski definition) is 0. The second-order valence-electron chi connectivity index (χ2n) is 6.13. The third-order valence-corrected chi connectivity index (χ3v) is 5.41. The number of methoxy groups -OCH3 is 3. The molecule has 2 aromatic rings. The van der Waals surface area contributed by atoms with Crippen molar-refractivity contribution in [2.24, 2.45) is 0 Å². The van der Waals surface area contributed by atoms with Crippen molar-refractivity contribution < 1.29 is 31.6 Å². The van der Waals surface area contributed by atoms with Gasteiger partial charge < -0.3 is 23.3 Å². The summed E-state index contributed by atoms with van der Waals surface area (Å²) in [5.74, 6) is 0.711. The first-order valence-corrected chi connectivity index (χ1v) is 10.2. The van der Waals surface area contributed by atoms with Crippen LogP contribution in [0.4, 0.5) is 0 Å². The molecule has 1 amide bonds. The van der Waals surface area contributed by atoms with Gasteiger partial charge in [-0.05, 0) is 42.0 Å². The molecule has 8 nitrogen and oxygen atoms in total. The van der Waals surface area contributed by atoms with E-state index < -0.39 is 10.1 Å². The highest BCUT2D eigenvalue weighted by Crippen LogP contribution is 2.31. The molecule has 2 rings (SSSR count). The molecule has 0 spiro atoms. The summed E-state index contributed by atoms with van der Waals surface area (Å²) in [5.41, 5.74) is 0.692. The van der Waals surface area contributed by atoms with Crippen molar-refractivity contribution in [2.45, 2.75) is 18.4 Å². The van der Waals surface area contributed by atoms with Crippen molar-refractivity contribution in [3.63, 3.8) is 0 Å². The fraction of sp³-hybridized carbons (Fsp3) is 0.350. The van der Waals surface area contributed by atoms with Gasteiger partial charge in [0.2, 0.25) is 5.91 Å². The Kier molecular flexibility index (Phi) is 7.86. The Labute approximate surface area is 171 Å². The van der Waals surface area contributed by atoms with Crippen LogP contribution in [-0.4, -0.2) is 53.7 Å². The van der Waals surface area contributed by atoms with Gasteiger partial charge in [-0.1, -0.05) is 6.07 Å². The first-order chi connectivity index (χ1) is 13.8. The molecule has 0 aromatic heterocycles. The smallest absolute Gasteiger partial charge is 0.339 e. The van der Waals surface area contributed by atoms with Gasteiger partial charge in [-0.25, -0.2) is 0 Å². The summed E-state index contributed by atoms with van der Waals surface area (Å²) in [4.78, 5) is 13.4. The van der Waals surface area contributed by atoms with Gasteiger partial charge in [0.25, 0.3) is 0 Å². The van der Waals surface area contributed by atoms with E-state index in [1.165, 1.54) is 45.4 Å². The lowest BCUT2D eigenvalue weighted by Crippen LogP contribution is -2.31. The van der Waals surface area contributed by atoms with E-state index in [9.17, 15) is 13.2 Å². The van der Waals surface area contributed by atoms with E-state index in [0.29, 0.717) is 24.5 Å². The third-order valence-electron chi connectivity index (χ3n) is 4.16. The highest BCUT2D eigenvalue weighted by molar-refractivity contribution is 7.87. The lowest BCUT2D eigenvalue weighted by atomic mass is 10.2. The van der Waals surface area contributed by atoms with Gasteiger partial charge in [-0.15, -0.1) is 0 Å². The second-order valence-corrected chi connectivity index (χ2v) is 7.68. The van der Waals surface area contributed by atoms with E-state index in [1.54, 1.807) is 30.2 Å². The summed E-state index contributed by atoms with van der Waals surface area (Å²) in [6, 6.07) is 10.7. The zero-order valence-electron chi connectivity index (χ0n) is 16.9. The predicted molar refractivity (Wildman–Crippen MR) is 107 cm³/mol. The molecule has 0 radical (unpaired) electrons. The maximum absolute atomic E-state index is 12.7. The zero-order chi connectivity index (χ0) is 21.4. The minimum absolute atomic E-state index is 0.0174. The van der Waals surface area contributed by atoms with Crippen LogP contribution in [0.1, 0.15) is 12.5 Å². The monoisotopic (exact) mass is 423 g/mol. The van der Waals surface area contributed by atoms with Crippen molar-refractivity contribution in [3.8, 4) is 17.2 Å². The van der Waals surface area contributed by atoms with Gasteiger partial charge in [-0.2, -0.15) is 8.42 Å². The Balaban J connectivity index is 2.28. The Morgan fingerprint density at radius 2 is 1.66 bits per heavy atom. The van der Waals surface area contributed by atoms with Crippen LogP contribution in [0.2, 0.25) is 0 Å². The van der Waals surface area contributed by atoms with E-state index in [4.69, 9.17) is 18.4 Å². The molecule has 158 valence electrons. The average Bonchev–Trinajstić information content (AvgIpc) is 2.70. The molecule has 2 aromatic carbocycles. The molecule has 29 heavy (non-hydrogen) atoms. The topological polar surface area (TPSA) is 91.4 Å². The molecular formula is C20H25NO7S. The van der Waals surface area contributed by atoms with Crippen molar-refractivity contribution in [1.29, 1.82) is 0 Å². The molecule has 0 aliphatic rings. The molecule has 0 aliphatic heterocycles. The standard InChI is InChI=1S/C20H25NO7S/c1-15(22)21(11-12-25-2)14-16-5-10-19(27-4)20(13-16)28-29(23,24)18-8-6-17(26-3)7-9-18/h5-10,13H,11-12,14H2,1-4H3. The number of nitrogens with zero attached hydrogens (tertiary/aromatic N) is 1. The minimum atomic E-state index is -4.08. The van der Waals surface area contributed by atoms with Crippen LogP contribution in [-0.2, 0) is 26.2 Å². The molecule has 0 saturated heterocycles. The molecule has 0 saturated carbocycles. The summed E-state index contributed by atoms with van der Waals surface area (Å²) in [5, 5.41) is 0. The Morgan fingerprint density at radius 3 is 2.21 bits per heavy atom. The molecule has 0 bridgehead atoms. The van der Waals surface area contributed by atoms with E-state index in [2.05, 4.69) is 0 Å². The molecular weight excluding hydrogens is 398 g/mol. The number of rotatable bonds is 10. The van der Waals surface area contributed by atoms with E-state index >= 15 is 0 Å². The van der Waals surface area contributed by atoms with Crippen LogP contribution in [0, 0.1) is 0 Å². The van der Waals surface area contributed by atoms with Gasteiger partial charge in [-0.3, -0.25) is 4.79 Å². The van der Waals surface area contributed by atoms with Crippen molar-refractivity contribution >= 4 is 16.0 Å². The summed E-state index contributed by atoms with van der Waals surface area (Å²) in [7, 11) is 0.387. The largest absolute Gasteiger partial charge is 0.497 e. The summed E-state index contributed by atoms with van der Waals surface area (Å²) < 4.78 is 45.9. The van der Waals surface area contributed by atoms with Crippen LogP contribution in [0.5, 0.6) is 17.2 Å². The second kappa shape index (κ2) is 10.1. The number of carbonyl (C=O) groups excluding carboxylic acids is 1. The minimum Gasteiger partial charge on any atom is -0.497 e. The maximum atomic E-state index is 12.7. The molecule has 0 heterocycles. The van der Waals surface area contributed by atoms with Gasteiger partial charge in [0.15, 0.2) is 11.5 Å². The lowest BCUT2D eigenvalue weighted by molar-refractivity contribution is -0.130. The number of ether oxygens (including phenoxy) is 3. The SMILES string of the molecule is COCCN(Cc1ccc(OC)c(OS(=O)(=O)c2ccc(OC)cc2)c1)C(C)=O. The predicted octanol–water partition coefficient (Wildman–Crippen LogP) is 2.47. The van der Waals surface area contributed by atoms with Crippen LogP contribution in [0.25, 0.3) is 0 Å². The molecule has 0 unspecified atom stereocenters. The molecule has 9 heteroatoms. The summed E-state index contributed by atoms with van der Waals surface area (Å²) in [6.45, 7) is 2.55. The van der Waals surface area contributed by atoms with Gasteiger partial charge in [0.05, 0.1) is 20.8 Å². The zero-order valence-corrected chi connectivity index (χ0v) is 17.7. The Morgan fingerprint density at radius 1 is 0.966 bits per heavy atom. The molecule has 0 atom stereocenters. The van der Waals surface area contributed by atoms with Gasteiger partial charge >= 0.3 is 10.1 Å². The van der Waals surface area contributed by atoms with Crippen molar-refractivity contribution in [2.75, 3.05) is 34.5 Å². The van der Waals surface area contributed by atoms with Crippen LogP contribution >= 0.6 is 0 Å². The van der Waals surface area contributed by atoms with E-state index in [0.717, 1.165) is 0 Å². The number of carbonyl (C=O) groups is 1. The van der Waals surface area contributed by atoms with Crippen LogP contribution < -0.4 is 13.7 Å². The fourth-order valence-electron chi connectivity index (χ4n) is 2.56. The fourth-order valence-corrected chi connectivity index (χ4v) is 3.50. The molecule has 0 fully saturated rings. The molecule has 0 N–H and O–H groups in total. The third kappa shape index (κ3) is 6.10. The van der Waals surface area contributed by atoms with Crippen LogP contribution in [0.3, 0.4) is 0 Å². The van der Waals surface area contributed by atoms with Gasteiger partial charge in [0, 0.05) is 27.1 Å². The Hall–Kier alpha value is -2.78. The first-order valence-electron chi connectivity index (χ1n) is 8.80.